The maximum absolute atomic E-state index is 11.2. The number of carboxylic acids is 1. The number of carbonyl (C=O) groups is 2. The van der Waals surface area contributed by atoms with Crippen molar-refractivity contribution in [3.8, 4) is 5.75 Å². The Bertz CT molecular complexity index is 463. The zero-order valence-electron chi connectivity index (χ0n) is 10.3. The minimum Gasteiger partial charge on any atom is -0.481 e. The highest BCUT2D eigenvalue weighted by Crippen LogP contribution is 2.22. The molecule has 1 aromatic rings. The summed E-state index contributed by atoms with van der Waals surface area (Å²) in [5, 5.41) is 8.59. The highest BCUT2D eigenvalue weighted by atomic mass is 16.5. The number of hydrogen-bond donors (Lipinski definition) is 1. The molecule has 0 aliphatic heterocycles. The van der Waals surface area contributed by atoms with E-state index in [9.17, 15) is 9.59 Å². The third-order valence-electron chi connectivity index (χ3n) is 2.44. The summed E-state index contributed by atoms with van der Waals surface area (Å²) in [5.41, 5.74) is 1.81. The van der Waals surface area contributed by atoms with Crippen molar-refractivity contribution in [1.29, 1.82) is 0 Å². The quantitative estimate of drug-likeness (QED) is 0.477. The molecule has 0 bridgehead atoms. The van der Waals surface area contributed by atoms with Crippen LogP contribution in [0.4, 0.5) is 0 Å². The van der Waals surface area contributed by atoms with Gasteiger partial charge in [0.25, 0.3) is 0 Å². The lowest BCUT2D eigenvalue weighted by atomic mass is 10.1. The summed E-state index contributed by atoms with van der Waals surface area (Å²) in [5.74, 6) is -0.864. The molecule has 0 heterocycles. The maximum Gasteiger partial charge on any atom is 0.335 e. The van der Waals surface area contributed by atoms with Crippen molar-refractivity contribution in [2.75, 3.05) is 0 Å². The van der Waals surface area contributed by atoms with E-state index in [-0.39, 0.29) is 6.42 Å². The van der Waals surface area contributed by atoms with Gasteiger partial charge in [-0.1, -0.05) is 18.7 Å². The average Bonchev–Trinajstić information content (AvgIpc) is 2.31. The van der Waals surface area contributed by atoms with Crippen LogP contribution in [0.15, 0.2) is 30.9 Å². The van der Waals surface area contributed by atoms with Gasteiger partial charge in [0.1, 0.15) is 5.75 Å². The zero-order chi connectivity index (χ0) is 13.5. The summed E-state index contributed by atoms with van der Waals surface area (Å²) in [4.78, 5) is 21.6. The second-order valence-corrected chi connectivity index (χ2v) is 3.98. The lowest BCUT2D eigenvalue weighted by molar-refractivity contribution is -0.137. The summed E-state index contributed by atoms with van der Waals surface area (Å²) in [6, 6.07) is 5.52. The van der Waals surface area contributed by atoms with Crippen LogP contribution in [0.2, 0.25) is 0 Å². The Morgan fingerprint density at radius 1 is 1.44 bits per heavy atom. The first-order valence-electron chi connectivity index (χ1n) is 5.68. The van der Waals surface area contributed by atoms with Gasteiger partial charge in [0.05, 0.1) is 0 Å². The molecule has 0 saturated carbocycles. The van der Waals surface area contributed by atoms with Gasteiger partial charge in [-0.05, 0) is 37.0 Å². The number of carboxylic acid groups (broad SMARTS) is 1. The fourth-order valence-corrected chi connectivity index (χ4v) is 1.54. The Morgan fingerprint density at radius 2 is 2.17 bits per heavy atom. The van der Waals surface area contributed by atoms with Gasteiger partial charge in [0, 0.05) is 12.5 Å². The van der Waals surface area contributed by atoms with Gasteiger partial charge in [0.15, 0.2) is 0 Å². The molecule has 1 rings (SSSR count). The molecule has 0 aromatic heterocycles. The van der Waals surface area contributed by atoms with E-state index in [0.29, 0.717) is 18.6 Å². The molecule has 0 atom stereocenters. The highest BCUT2D eigenvalue weighted by molar-refractivity contribution is 5.83. The number of rotatable bonds is 6. The second-order valence-electron chi connectivity index (χ2n) is 3.98. The Morgan fingerprint density at radius 3 is 2.78 bits per heavy atom. The lowest BCUT2D eigenvalue weighted by Gasteiger charge is -2.09. The van der Waals surface area contributed by atoms with Crippen molar-refractivity contribution in [3.05, 3.63) is 42.0 Å². The normalized spacial score (nSPS) is 9.83. The Balaban J connectivity index is 2.79. The fourth-order valence-electron chi connectivity index (χ4n) is 1.54. The van der Waals surface area contributed by atoms with Gasteiger partial charge in [-0.2, -0.15) is 0 Å². The second kappa shape index (κ2) is 6.59. The van der Waals surface area contributed by atoms with Gasteiger partial charge in [-0.3, -0.25) is 4.79 Å². The molecule has 0 saturated heterocycles. The van der Waals surface area contributed by atoms with E-state index in [1.807, 2.05) is 19.1 Å². The molecular weight excluding hydrogens is 232 g/mol. The molecule has 0 unspecified atom stereocenters. The number of hydrogen-bond acceptors (Lipinski definition) is 3. The van der Waals surface area contributed by atoms with E-state index in [1.165, 1.54) is 0 Å². The molecule has 1 aromatic carbocycles. The van der Waals surface area contributed by atoms with Crippen molar-refractivity contribution in [3.63, 3.8) is 0 Å². The van der Waals surface area contributed by atoms with Crippen molar-refractivity contribution in [1.82, 2.24) is 0 Å². The predicted octanol–water partition coefficient (Wildman–Crippen LogP) is 2.49. The first-order valence-corrected chi connectivity index (χ1v) is 5.68. The van der Waals surface area contributed by atoms with Crippen molar-refractivity contribution in [2.24, 2.45) is 0 Å². The summed E-state index contributed by atoms with van der Waals surface area (Å²) in [6.07, 6.45) is 2.27. The molecule has 96 valence electrons. The fraction of sp³-hybridized carbons (Fsp3) is 0.286. The molecule has 4 nitrogen and oxygen atoms in total. The molecule has 0 aliphatic carbocycles. The van der Waals surface area contributed by atoms with Crippen LogP contribution in [0.1, 0.15) is 24.0 Å². The summed E-state index contributed by atoms with van der Waals surface area (Å²) in [7, 11) is 0. The van der Waals surface area contributed by atoms with Gasteiger partial charge < -0.3 is 9.84 Å². The average molecular weight is 248 g/mol. The van der Waals surface area contributed by atoms with E-state index >= 15 is 0 Å². The molecule has 0 fully saturated rings. The van der Waals surface area contributed by atoms with E-state index in [4.69, 9.17) is 9.84 Å². The number of carbonyl (C=O) groups excluding carboxylic acids is 1. The van der Waals surface area contributed by atoms with Crippen molar-refractivity contribution < 1.29 is 19.4 Å². The van der Waals surface area contributed by atoms with Gasteiger partial charge in [-0.25, -0.2) is 4.79 Å². The van der Waals surface area contributed by atoms with Crippen LogP contribution < -0.4 is 4.74 Å². The zero-order valence-corrected chi connectivity index (χ0v) is 10.3. The van der Waals surface area contributed by atoms with Gasteiger partial charge in [0.2, 0.25) is 0 Å². The first-order chi connectivity index (χ1) is 8.52. The summed E-state index contributed by atoms with van der Waals surface area (Å²) < 4.78 is 5.13. The number of aliphatic carboxylic acids is 1. The molecule has 4 heteroatoms. The van der Waals surface area contributed by atoms with Crippen LogP contribution in [-0.4, -0.2) is 17.0 Å². The third kappa shape index (κ3) is 4.41. The minimum absolute atomic E-state index is 0.0999. The van der Waals surface area contributed by atoms with Crippen molar-refractivity contribution in [2.45, 2.75) is 26.2 Å². The van der Waals surface area contributed by atoms with Crippen LogP contribution >= 0.6 is 0 Å². The molecule has 0 spiro atoms. The van der Waals surface area contributed by atoms with Crippen LogP contribution in [0.25, 0.3) is 0 Å². The van der Waals surface area contributed by atoms with Crippen LogP contribution in [0.5, 0.6) is 5.75 Å². The number of esters is 1. The van der Waals surface area contributed by atoms with Crippen molar-refractivity contribution >= 4 is 11.9 Å². The van der Waals surface area contributed by atoms with Crippen LogP contribution in [0.3, 0.4) is 0 Å². The standard InChI is InChI=1S/C14H16O4/c1-3-14(17)18-12-9-10(2)7-8-11(12)5-4-6-13(15)16/h3,7-9H,1,4-6H2,2H3,(H,15,16). The minimum atomic E-state index is -0.827. The van der Waals surface area contributed by atoms with E-state index < -0.39 is 11.9 Å². The molecule has 1 N–H and O–H groups in total. The summed E-state index contributed by atoms with van der Waals surface area (Å²) in [6.45, 7) is 5.24. The predicted molar refractivity (Wildman–Crippen MR) is 67.6 cm³/mol. The smallest absolute Gasteiger partial charge is 0.335 e. The Labute approximate surface area is 106 Å². The highest BCUT2D eigenvalue weighted by Gasteiger charge is 2.08. The third-order valence-corrected chi connectivity index (χ3v) is 2.44. The van der Waals surface area contributed by atoms with Crippen LogP contribution in [0, 0.1) is 6.92 Å². The molecule has 0 radical (unpaired) electrons. The SMILES string of the molecule is C=CC(=O)Oc1cc(C)ccc1CCCC(=O)O. The molecular formula is C14H16O4. The number of ether oxygens (including phenoxy) is 1. The van der Waals surface area contributed by atoms with E-state index in [1.54, 1.807) is 6.07 Å². The monoisotopic (exact) mass is 248 g/mol. The maximum atomic E-state index is 11.2. The van der Waals surface area contributed by atoms with E-state index in [0.717, 1.165) is 17.2 Å². The Hall–Kier alpha value is -2.10. The van der Waals surface area contributed by atoms with Gasteiger partial charge in [-0.15, -0.1) is 0 Å². The largest absolute Gasteiger partial charge is 0.481 e. The van der Waals surface area contributed by atoms with Gasteiger partial charge >= 0.3 is 11.9 Å². The molecule has 18 heavy (non-hydrogen) atoms. The number of aryl methyl sites for hydroxylation is 2. The molecule has 0 aliphatic rings. The van der Waals surface area contributed by atoms with E-state index in [2.05, 4.69) is 6.58 Å². The first kappa shape index (κ1) is 14.0. The number of benzene rings is 1. The topological polar surface area (TPSA) is 63.6 Å². The van der Waals surface area contributed by atoms with Crippen LogP contribution in [-0.2, 0) is 16.0 Å². The lowest BCUT2D eigenvalue weighted by Crippen LogP contribution is -2.06. The molecule has 0 amide bonds. The summed E-state index contributed by atoms with van der Waals surface area (Å²) >= 11 is 0. The Kier molecular flexibility index (Phi) is 5.11.